The van der Waals surface area contributed by atoms with Gasteiger partial charge in [-0.1, -0.05) is 127 Å². The molecule has 6 heteroatoms. The van der Waals surface area contributed by atoms with Gasteiger partial charge in [-0.2, -0.15) is 0 Å². The largest absolute Gasteiger partial charge is 0.456 e. The highest BCUT2D eigenvalue weighted by Gasteiger charge is 2.19. The SMILES string of the molecule is c1ccc(-c2nc(-c3ccccc3)nc(-c3ccc4c(c3)oc3cc(-c5ccc6oc7c(-n8c9ccccc9c9ccccc98)cccc7c6c5)ccc34)n2)cc1. The molecule has 4 aromatic heterocycles. The molecule has 57 heavy (non-hydrogen) atoms. The zero-order valence-corrected chi connectivity index (χ0v) is 30.4. The molecule has 266 valence electrons. The van der Waals surface area contributed by atoms with Crippen LogP contribution in [0.3, 0.4) is 0 Å². The first-order valence-corrected chi connectivity index (χ1v) is 19.0. The van der Waals surface area contributed by atoms with E-state index < -0.39 is 0 Å². The fourth-order valence-corrected chi connectivity index (χ4v) is 8.35. The van der Waals surface area contributed by atoms with E-state index in [2.05, 4.69) is 120 Å². The van der Waals surface area contributed by atoms with E-state index in [1.807, 2.05) is 66.7 Å². The van der Waals surface area contributed by atoms with Crippen LogP contribution in [0.2, 0.25) is 0 Å². The number of para-hydroxylation sites is 3. The summed E-state index contributed by atoms with van der Waals surface area (Å²) in [6.45, 7) is 0. The summed E-state index contributed by atoms with van der Waals surface area (Å²) in [7, 11) is 0. The number of fused-ring (bicyclic) bond motifs is 9. The van der Waals surface area contributed by atoms with Gasteiger partial charge in [0.15, 0.2) is 23.1 Å². The van der Waals surface area contributed by atoms with Crippen molar-refractivity contribution >= 4 is 65.7 Å². The van der Waals surface area contributed by atoms with Crippen molar-refractivity contribution in [2.24, 2.45) is 0 Å². The average molecular weight is 731 g/mol. The van der Waals surface area contributed by atoms with E-state index in [0.717, 1.165) is 88.4 Å². The van der Waals surface area contributed by atoms with Gasteiger partial charge in [0.25, 0.3) is 0 Å². The Labute approximate surface area is 325 Å². The first kappa shape index (κ1) is 31.5. The third kappa shape index (κ3) is 5.01. The first-order valence-electron chi connectivity index (χ1n) is 19.0. The first-order chi connectivity index (χ1) is 28.2. The van der Waals surface area contributed by atoms with Gasteiger partial charge in [0.05, 0.1) is 16.7 Å². The monoisotopic (exact) mass is 730 g/mol. The molecule has 0 fully saturated rings. The van der Waals surface area contributed by atoms with Crippen molar-refractivity contribution in [1.29, 1.82) is 0 Å². The lowest BCUT2D eigenvalue weighted by Crippen LogP contribution is -2.00. The summed E-state index contributed by atoms with van der Waals surface area (Å²) >= 11 is 0. The normalized spacial score (nSPS) is 11.9. The second-order valence-electron chi connectivity index (χ2n) is 14.4. The molecule has 0 atom stereocenters. The highest BCUT2D eigenvalue weighted by Crippen LogP contribution is 2.40. The lowest BCUT2D eigenvalue weighted by atomic mass is 10.0. The van der Waals surface area contributed by atoms with Crippen LogP contribution >= 0.6 is 0 Å². The van der Waals surface area contributed by atoms with E-state index in [0.29, 0.717) is 17.5 Å². The molecule has 4 heterocycles. The Morgan fingerprint density at radius 3 is 1.47 bits per heavy atom. The van der Waals surface area contributed by atoms with E-state index in [-0.39, 0.29) is 0 Å². The standard InChI is InChI=1S/C51H30N4O2/c1-3-12-31(13-4-1)49-52-50(32-14-5-2-6-15-32)54-51(53-49)35-23-26-39-38-25-22-34(29-46(38)56-47(39)30-35)33-24-27-45-41(28-33)40-18-11-21-44(48(40)57-45)55-42-19-9-7-16-36(42)37-17-8-10-20-43(37)55/h1-30H. The molecule has 8 aromatic carbocycles. The van der Waals surface area contributed by atoms with Crippen LogP contribution < -0.4 is 0 Å². The molecule has 0 spiro atoms. The molecular weight excluding hydrogens is 701 g/mol. The summed E-state index contributed by atoms with van der Waals surface area (Å²) in [5.74, 6) is 1.84. The van der Waals surface area contributed by atoms with Crippen molar-refractivity contribution in [1.82, 2.24) is 19.5 Å². The van der Waals surface area contributed by atoms with E-state index in [1.165, 1.54) is 10.8 Å². The van der Waals surface area contributed by atoms with Crippen LogP contribution in [0.1, 0.15) is 0 Å². The van der Waals surface area contributed by atoms with Crippen LogP contribution in [-0.4, -0.2) is 19.5 Å². The van der Waals surface area contributed by atoms with Crippen LogP contribution in [0.15, 0.2) is 191 Å². The number of benzene rings is 8. The van der Waals surface area contributed by atoms with Crippen molar-refractivity contribution in [2.45, 2.75) is 0 Å². The smallest absolute Gasteiger partial charge is 0.164 e. The maximum atomic E-state index is 6.67. The van der Waals surface area contributed by atoms with Crippen LogP contribution in [0.25, 0.3) is 117 Å². The maximum Gasteiger partial charge on any atom is 0.164 e. The predicted octanol–water partition coefficient (Wildman–Crippen LogP) is 13.4. The minimum Gasteiger partial charge on any atom is -0.456 e. The third-order valence-electron chi connectivity index (χ3n) is 11.1. The van der Waals surface area contributed by atoms with Gasteiger partial charge in [-0.05, 0) is 65.7 Å². The lowest BCUT2D eigenvalue weighted by molar-refractivity contribution is 0.666. The van der Waals surface area contributed by atoms with Crippen LogP contribution in [0.5, 0.6) is 0 Å². The molecule has 12 rings (SSSR count). The average Bonchev–Trinajstić information content (AvgIpc) is 3.95. The van der Waals surface area contributed by atoms with Crippen molar-refractivity contribution in [2.75, 3.05) is 0 Å². The Morgan fingerprint density at radius 1 is 0.316 bits per heavy atom. The van der Waals surface area contributed by atoms with Crippen molar-refractivity contribution < 1.29 is 8.83 Å². The molecule has 0 N–H and O–H groups in total. The van der Waals surface area contributed by atoms with Gasteiger partial charge < -0.3 is 13.4 Å². The third-order valence-corrected chi connectivity index (χ3v) is 11.1. The summed E-state index contributed by atoms with van der Waals surface area (Å²) in [6.07, 6.45) is 0. The number of rotatable bonds is 5. The summed E-state index contributed by atoms with van der Waals surface area (Å²) in [6, 6.07) is 62.7. The van der Waals surface area contributed by atoms with E-state index in [1.54, 1.807) is 0 Å². The molecule has 0 aliphatic carbocycles. The molecule has 0 saturated carbocycles. The zero-order chi connectivity index (χ0) is 37.5. The van der Waals surface area contributed by atoms with Gasteiger partial charge >= 0.3 is 0 Å². The molecule has 0 unspecified atom stereocenters. The Bertz CT molecular complexity index is 3410. The Balaban J connectivity index is 0.948. The van der Waals surface area contributed by atoms with Crippen LogP contribution in [0, 0.1) is 0 Å². The fraction of sp³-hybridized carbons (Fsp3) is 0. The van der Waals surface area contributed by atoms with E-state index in [4.69, 9.17) is 23.8 Å². The second kappa shape index (κ2) is 12.3. The molecule has 0 radical (unpaired) electrons. The van der Waals surface area contributed by atoms with Gasteiger partial charge in [0.2, 0.25) is 0 Å². The molecule has 0 amide bonds. The Kier molecular flexibility index (Phi) is 6.83. The topological polar surface area (TPSA) is 69.9 Å². The number of nitrogens with zero attached hydrogens (tertiary/aromatic N) is 4. The van der Waals surface area contributed by atoms with E-state index >= 15 is 0 Å². The highest BCUT2D eigenvalue weighted by atomic mass is 16.3. The van der Waals surface area contributed by atoms with E-state index in [9.17, 15) is 0 Å². The van der Waals surface area contributed by atoms with Crippen molar-refractivity contribution in [3.63, 3.8) is 0 Å². The van der Waals surface area contributed by atoms with Crippen molar-refractivity contribution in [3.05, 3.63) is 182 Å². The lowest BCUT2D eigenvalue weighted by Gasteiger charge is -2.08. The van der Waals surface area contributed by atoms with Gasteiger partial charge in [-0.3, -0.25) is 0 Å². The number of hydrogen-bond donors (Lipinski definition) is 0. The van der Waals surface area contributed by atoms with Gasteiger partial charge in [-0.15, -0.1) is 0 Å². The van der Waals surface area contributed by atoms with Crippen LogP contribution in [0.4, 0.5) is 0 Å². The van der Waals surface area contributed by atoms with Gasteiger partial charge in [0, 0.05) is 49.0 Å². The number of hydrogen-bond acceptors (Lipinski definition) is 5. The minimum absolute atomic E-state index is 0.590. The van der Waals surface area contributed by atoms with Gasteiger partial charge in [0.1, 0.15) is 16.7 Å². The minimum atomic E-state index is 0.590. The number of aromatic nitrogens is 4. The summed E-state index contributed by atoms with van der Waals surface area (Å²) in [5, 5.41) is 6.68. The predicted molar refractivity (Wildman–Crippen MR) is 230 cm³/mol. The summed E-state index contributed by atoms with van der Waals surface area (Å²) in [4.78, 5) is 14.7. The Morgan fingerprint density at radius 2 is 0.825 bits per heavy atom. The summed E-state index contributed by atoms with van der Waals surface area (Å²) in [5.41, 5.74) is 11.5. The molecule has 12 aromatic rings. The molecule has 0 aliphatic heterocycles. The maximum absolute atomic E-state index is 6.67. The quantitative estimate of drug-likeness (QED) is 0.176. The fourth-order valence-electron chi connectivity index (χ4n) is 8.35. The Hall–Kier alpha value is -7.83. The highest BCUT2D eigenvalue weighted by molar-refractivity contribution is 6.13. The number of furan rings is 2. The second-order valence-corrected chi connectivity index (χ2v) is 14.4. The molecule has 0 bridgehead atoms. The molecule has 6 nitrogen and oxygen atoms in total. The molecule has 0 saturated heterocycles. The molecular formula is C51H30N4O2. The van der Waals surface area contributed by atoms with Crippen LogP contribution in [-0.2, 0) is 0 Å². The summed E-state index contributed by atoms with van der Waals surface area (Å²) < 4.78 is 15.6. The zero-order valence-electron chi connectivity index (χ0n) is 30.4. The van der Waals surface area contributed by atoms with Crippen molar-refractivity contribution in [3.8, 4) is 51.0 Å². The van der Waals surface area contributed by atoms with Gasteiger partial charge in [-0.25, -0.2) is 15.0 Å². The molecule has 0 aliphatic rings.